The van der Waals surface area contributed by atoms with Crippen molar-refractivity contribution >= 4 is 5.78 Å². The molecule has 0 saturated heterocycles. The van der Waals surface area contributed by atoms with Crippen LogP contribution in [0.25, 0.3) is 0 Å². The molecule has 4 aliphatic carbocycles. The molecule has 0 radical (unpaired) electrons. The monoisotopic (exact) mass is 478 g/mol. The van der Waals surface area contributed by atoms with Crippen molar-refractivity contribution in [1.82, 2.24) is 9.78 Å². The third kappa shape index (κ3) is 4.15. The lowest BCUT2D eigenvalue weighted by Gasteiger charge is -2.55. The first kappa shape index (κ1) is 24.4. The molecule has 0 spiro atoms. The average Bonchev–Trinajstić information content (AvgIpc) is 3.42. The summed E-state index contributed by atoms with van der Waals surface area (Å²) in [5.41, 5.74) is -0.928. The maximum atomic E-state index is 13.6. The van der Waals surface area contributed by atoms with Crippen molar-refractivity contribution in [2.24, 2.45) is 52.8 Å². The number of aromatic nitrogens is 2. The molecule has 8 atom stereocenters. The molecule has 4 saturated carbocycles. The highest BCUT2D eigenvalue weighted by Crippen LogP contribution is 2.68. The van der Waals surface area contributed by atoms with Gasteiger partial charge in [0.1, 0.15) is 0 Å². The molecule has 4 fully saturated rings. The summed E-state index contributed by atoms with van der Waals surface area (Å²) < 4.78 is 40.2. The van der Waals surface area contributed by atoms with Gasteiger partial charge in [-0.1, -0.05) is 40.0 Å². The molecule has 8 unspecified atom stereocenters. The smallest absolute Gasteiger partial charge is 0.297 e. The Kier molecular flexibility index (Phi) is 6.42. The molecule has 1 aromatic rings. The van der Waals surface area contributed by atoms with Crippen molar-refractivity contribution < 1.29 is 18.0 Å². The highest BCUT2D eigenvalue weighted by molar-refractivity contribution is 5.82. The molecule has 1 aromatic heterocycles. The summed E-state index contributed by atoms with van der Waals surface area (Å²) in [5, 5.41) is 3.67. The normalized spacial score (nSPS) is 40.1. The zero-order valence-electron chi connectivity index (χ0n) is 21.0. The molecule has 34 heavy (non-hydrogen) atoms. The van der Waals surface area contributed by atoms with Crippen LogP contribution in [0.2, 0.25) is 0 Å². The van der Waals surface area contributed by atoms with Crippen LogP contribution in [0.4, 0.5) is 13.2 Å². The minimum absolute atomic E-state index is 0.0126. The van der Waals surface area contributed by atoms with Crippen molar-refractivity contribution in [3.05, 3.63) is 18.0 Å². The largest absolute Gasteiger partial charge is 0.435 e. The highest BCUT2D eigenvalue weighted by Gasteiger charge is 2.63. The van der Waals surface area contributed by atoms with Crippen LogP contribution in [0.15, 0.2) is 12.3 Å². The lowest BCUT2D eigenvalue weighted by Crippen LogP contribution is -2.50. The number of carbonyl (C=O) groups is 1. The second kappa shape index (κ2) is 8.96. The first-order valence-corrected chi connectivity index (χ1v) is 13.8. The topological polar surface area (TPSA) is 34.9 Å². The molecule has 190 valence electrons. The van der Waals surface area contributed by atoms with Gasteiger partial charge < -0.3 is 0 Å². The number of ketones is 1. The van der Waals surface area contributed by atoms with E-state index in [9.17, 15) is 18.0 Å². The number of halogens is 3. The number of carbonyl (C=O) groups excluding carboxylic acids is 1. The van der Waals surface area contributed by atoms with Crippen LogP contribution in [-0.2, 0) is 17.5 Å². The Morgan fingerprint density at radius 2 is 1.88 bits per heavy atom. The van der Waals surface area contributed by atoms with Gasteiger partial charge in [0, 0.05) is 12.1 Å². The third-order valence-electron chi connectivity index (χ3n) is 10.6. The third-order valence-corrected chi connectivity index (χ3v) is 10.6. The second-order valence-electron chi connectivity index (χ2n) is 12.2. The fourth-order valence-electron chi connectivity index (χ4n) is 9.08. The molecule has 0 amide bonds. The molecular formula is C28H41F3N2O. The van der Waals surface area contributed by atoms with E-state index in [2.05, 4.69) is 25.9 Å². The Morgan fingerprint density at radius 1 is 1.12 bits per heavy atom. The Balaban J connectivity index is 1.39. The first-order chi connectivity index (χ1) is 16.2. The Morgan fingerprint density at radius 3 is 2.50 bits per heavy atom. The van der Waals surface area contributed by atoms with Crippen LogP contribution in [-0.4, -0.2) is 15.6 Å². The van der Waals surface area contributed by atoms with E-state index >= 15 is 0 Å². The van der Waals surface area contributed by atoms with Gasteiger partial charge in [0.15, 0.2) is 11.5 Å². The van der Waals surface area contributed by atoms with Gasteiger partial charge >= 0.3 is 6.18 Å². The standard InChI is InChI=1S/C28H41F3N2O/c1-4-6-19-17(5-2)9-10-21-20(19)11-13-27(3)23(15-22(26(21)27)18-7-8-18)24(34)16-33-14-12-25(32-33)28(29,30)31/h12,14,17-23,26H,4-11,13,15-16H2,1-3H3. The summed E-state index contributed by atoms with van der Waals surface area (Å²) in [7, 11) is 0. The number of nitrogens with zero attached hydrogens (tertiary/aromatic N) is 2. The maximum absolute atomic E-state index is 13.6. The van der Waals surface area contributed by atoms with E-state index in [4.69, 9.17) is 0 Å². The van der Waals surface area contributed by atoms with Crippen LogP contribution in [0.5, 0.6) is 0 Å². The summed E-state index contributed by atoms with van der Waals surface area (Å²) >= 11 is 0. The summed E-state index contributed by atoms with van der Waals surface area (Å²) in [6.07, 6.45) is 9.20. The number of rotatable bonds is 7. The second-order valence-corrected chi connectivity index (χ2v) is 12.2. The van der Waals surface area contributed by atoms with Crippen LogP contribution in [0.3, 0.4) is 0 Å². The predicted molar refractivity (Wildman–Crippen MR) is 126 cm³/mol. The Hall–Kier alpha value is -1.33. The lowest BCUT2D eigenvalue weighted by atomic mass is 9.49. The molecule has 4 aliphatic rings. The van der Waals surface area contributed by atoms with Crippen molar-refractivity contribution in [2.45, 2.75) is 97.7 Å². The van der Waals surface area contributed by atoms with E-state index in [-0.39, 0.29) is 23.7 Å². The van der Waals surface area contributed by atoms with Crippen molar-refractivity contribution in [3.8, 4) is 0 Å². The van der Waals surface area contributed by atoms with Gasteiger partial charge in [-0.05, 0) is 97.9 Å². The number of Topliss-reactive ketones (excluding diaryl/α,β-unsaturated/α-hetero) is 1. The molecule has 3 nitrogen and oxygen atoms in total. The zero-order valence-corrected chi connectivity index (χ0v) is 21.0. The van der Waals surface area contributed by atoms with E-state index in [0.29, 0.717) is 11.8 Å². The number of hydrogen-bond donors (Lipinski definition) is 0. The van der Waals surface area contributed by atoms with E-state index in [0.717, 1.165) is 48.5 Å². The molecule has 0 aromatic carbocycles. The fraction of sp³-hybridized carbons (Fsp3) is 0.857. The molecule has 6 heteroatoms. The quantitative estimate of drug-likeness (QED) is 0.409. The van der Waals surface area contributed by atoms with E-state index in [1.807, 2.05) is 0 Å². The Bertz CT molecular complexity index is 890. The summed E-state index contributed by atoms with van der Waals surface area (Å²) in [6.45, 7) is 7.01. The van der Waals surface area contributed by atoms with E-state index < -0.39 is 11.9 Å². The van der Waals surface area contributed by atoms with Gasteiger partial charge in [-0.25, -0.2) is 0 Å². The van der Waals surface area contributed by atoms with E-state index in [1.165, 1.54) is 62.2 Å². The van der Waals surface area contributed by atoms with Crippen molar-refractivity contribution in [3.63, 3.8) is 0 Å². The van der Waals surface area contributed by atoms with Crippen molar-refractivity contribution in [1.29, 1.82) is 0 Å². The van der Waals surface area contributed by atoms with Crippen LogP contribution in [0.1, 0.15) is 90.7 Å². The van der Waals surface area contributed by atoms with Crippen LogP contribution >= 0.6 is 0 Å². The number of fused-ring (bicyclic) bond motifs is 3. The molecule has 5 rings (SSSR count). The average molecular weight is 479 g/mol. The molecule has 0 N–H and O–H groups in total. The van der Waals surface area contributed by atoms with Gasteiger partial charge in [-0.2, -0.15) is 18.3 Å². The Labute approximate surface area is 202 Å². The summed E-state index contributed by atoms with van der Waals surface area (Å²) in [4.78, 5) is 13.6. The van der Waals surface area contributed by atoms with Gasteiger partial charge in [0.2, 0.25) is 0 Å². The lowest BCUT2D eigenvalue weighted by molar-refractivity contribution is -0.142. The predicted octanol–water partition coefficient (Wildman–Crippen LogP) is 7.40. The van der Waals surface area contributed by atoms with Crippen molar-refractivity contribution in [2.75, 3.05) is 0 Å². The molecule has 1 heterocycles. The number of alkyl halides is 3. The maximum Gasteiger partial charge on any atom is 0.435 e. The first-order valence-electron chi connectivity index (χ1n) is 13.8. The number of hydrogen-bond acceptors (Lipinski definition) is 2. The summed E-state index contributed by atoms with van der Waals surface area (Å²) in [6, 6.07) is 0.977. The molecule has 0 bridgehead atoms. The van der Waals surface area contributed by atoms with Gasteiger partial charge in [0.25, 0.3) is 0 Å². The van der Waals surface area contributed by atoms with Gasteiger partial charge in [0.05, 0.1) is 6.54 Å². The zero-order chi connectivity index (χ0) is 24.3. The van der Waals surface area contributed by atoms with Crippen LogP contribution < -0.4 is 0 Å². The van der Waals surface area contributed by atoms with Crippen LogP contribution in [0, 0.1) is 52.8 Å². The molecule has 0 aliphatic heterocycles. The van der Waals surface area contributed by atoms with E-state index in [1.54, 1.807) is 0 Å². The van der Waals surface area contributed by atoms with Gasteiger partial charge in [-0.15, -0.1) is 0 Å². The molecular weight excluding hydrogens is 437 g/mol. The SMILES string of the molecule is CCCC1C(CC)CCC2C1CCC1(C)C(C(=O)Cn3ccc(C(F)(F)F)n3)CC(C3CC3)C21. The highest BCUT2D eigenvalue weighted by atomic mass is 19.4. The minimum atomic E-state index is -4.47. The minimum Gasteiger partial charge on any atom is -0.297 e. The summed E-state index contributed by atoms with van der Waals surface area (Å²) in [5.74, 6) is 5.24. The fourth-order valence-corrected chi connectivity index (χ4v) is 9.08. The van der Waals surface area contributed by atoms with Gasteiger partial charge in [-0.3, -0.25) is 9.48 Å².